The molecule has 0 aliphatic rings. The molecule has 0 atom stereocenters. The van der Waals surface area contributed by atoms with Gasteiger partial charge in [0.05, 0.1) is 11.3 Å². The fraction of sp³-hybridized carbons (Fsp3) is 0.0714. The number of carbonyl (C=O) groups is 2. The van der Waals surface area contributed by atoms with Crippen LogP contribution in [0.15, 0.2) is 34.8 Å². The predicted molar refractivity (Wildman–Crippen MR) is 87.3 cm³/mol. The maximum atomic E-state index is 13.6. The minimum absolute atomic E-state index is 0.0193. The van der Waals surface area contributed by atoms with Gasteiger partial charge in [-0.25, -0.2) is 14.2 Å². The molecule has 0 bridgehead atoms. The first-order valence-electron chi connectivity index (χ1n) is 6.10. The third kappa shape index (κ3) is 5.16. The standard InChI is InChI=1S/C14H8BrCl2FN2O3/c15-8-1-2-10(9(18)5-8)19-13(21)6-23-14(22)7-3-11(16)20-12(17)4-7/h1-5H,6H2,(H,19,21). The van der Waals surface area contributed by atoms with E-state index in [9.17, 15) is 14.0 Å². The second kappa shape index (κ2) is 7.72. The molecule has 5 nitrogen and oxygen atoms in total. The van der Waals surface area contributed by atoms with Gasteiger partial charge in [-0.3, -0.25) is 4.79 Å². The van der Waals surface area contributed by atoms with E-state index in [-0.39, 0.29) is 21.6 Å². The number of rotatable bonds is 4. The molecule has 0 radical (unpaired) electrons. The molecular weight excluding hydrogens is 414 g/mol. The zero-order chi connectivity index (χ0) is 17.0. The molecule has 0 saturated heterocycles. The lowest BCUT2D eigenvalue weighted by Crippen LogP contribution is -2.21. The number of hydrogen-bond donors (Lipinski definition) is 1. The van der Waals surface area contributed by atoms with Crippen LogP contribution in [0.25, 0.3) is 0 Å². The Morgan fingerprint density at radius 2 is 1.87 bits per heavy atom. The zero-order valence-electron chi connectivity index (χ0n) is 11.3. The van der Waals surface area contributed by atoms with Crippen LogP contribution in [0, 0.1) is 5.82 Å². The molecular formula is C14H8BrCl2FN2O3. The Balaban J connectivity index is 1.94. The number of pyridine rings is 1. The van der Waals surface area contributed by atoms with Crippen LogP contribution in [-0.4, -0.2) is 23.5 Å². The second-order valence-corrected chi connectivity index (χ2v) is 5.94. The summed E-state index contributed by atoms with van der Waals surface area (Å²) in [6.07, 6.45) is 0. The normalized spacial score (nSPS) is 10.3. The number of nitrogens with zero attached hydrogens (tertiary/aromatic N) is 1. The molecule has 0 aliphatic heterocycles. The molecule has 9 heteroatoms. The van der Waals surface area contributed by atoms with Gasteiger partial charge in [0, 0.05) is 4.47 Å². The molecule has 1 amide bonds. The molecule has 23 heavy (non-hydrogen) atoms. The smallest absolute Gasteiger partial charge is 0.338 e. The van der Waals surface area contributed by atoms with Gasteiger partial charge in [0.2, 0.25) is 0 Å². The molecule has 1 aromatic carbocycles. The van der Waals surface area contributed by atoms with Crippen LogP contribution in [0.4, 0.5) is 10.1 Å². The van der Waals surface area contributed by atoms with Gasteiger partial charge >= 0.3 is 5.97 Å². The van der Waals surface area contributed by atoms with Gasteiger partial charge in [0.25, 0.3) is 5.91 Å². The first-order chi connectivity index (χ1) is 10.8. The van der Waals surface area contributed by atoms with Crippen molar-refractivity contribution < 1.29 is 18.7 Å². The van der Waals surface area contributed by atoms with Crippen LogP contribution in [0.3, 0.4) is 0 Å². The molecule has 0 unspecified atom stereocenters. The Bertz CT molecular complexity index is 753. The molecule has 0 aliphatic carbocycles. The Labute approximate surface area is 148 Å². The van der Waals surface area contributed by atoms with Crippen LogP contribution in [0.1, 0.15) is 10.4 Å². The van der Waals surface area contributed by atoms with Gasteiger partial charge in [-0.05, 0) is 30.3 Å². The number of halogens is 4. The molecule has 1 heterocycles. The number of ether oxygens (including phenoxy) is 1. The maximum absolute atomic E-state index is 13.6. The summed E-state index contributed by atoms with van der Waals surface area (Å²) in [4.78, 5) is 27.2. The van der Waals surface area contributed by atoms with Crippen molar-refractivity contribution >= 4 is 56.7 Å². The summed E-state index contributed by atoms with van der Waals surface area (Å²) in [6.45, 7) is -0.591. The van der Waals surface area contributed by atoms with E-state index in [0.717, 1.165) is 0 Å². The van der Waals surface area contributed by atoms with Crippen molar-refractivity contribution in [3.63, 3.8) is 0 Å². The number of amides is 1. The number of anilines is 1. The van der Waals surface area contributed by atoms with Crippen molar-refractivity contribution in [2.75, 3.05) is 11.9 Å². The van der Waals surface area contributed by atoms with Gasteiger partial charge in [-0.15, -0.1) is 0 Å². The van der Waals surface area contributed by atoms with E-state index in [0.29, 0.717) is 4.47 Å². The fourth-order valence-corrected chi connectivity index (χ4v) is 2.37. The highest BCUT2D eigenvalue weighted by atomic mass is 79.9. The lowest BCUT2D eigenvalue weighted by molar-refractivity contribution is -0.119. The van der Waals surface area contributed by atoms with E-state index in [1.54, 1.807) is 6.07 Å². The highest BCUT2D eigenvalue weighted by molar-refractivity contribution is 9.10. The lowest BCUT2D eigenvalue weighted by Gasteiger charge is -2.08. The van der Waals surface area contributed by atoms with E-state index in [1.165, 1.54) is 24.3 Å². The number of carbonyl (C=O) groups excluding carboxylic acids is 2. The predicted octanol–water partition coefficient (Wildman–Crippen LogP) is 4.09. The topological polar surface area (TPSA) is 68.3 Å². The average Bonchev–Trinajstić information content (AvgIpc) is 2.46. The number of esters is 1. The number of nitrogens with one attached hydrogen (secondary N) is 1. The van der Waals surface area contributed by atoms with Gasteiger partial charge in [0.15, 0.2) is 6.61 Å². The molecule has 0 saturated carbocycles. The van der Waals surface area contributed by atoms with Crippen LogP contribution >= 0.6 is 39.1 Å². The highest BCUT2D eigenvalue weighted by Gasteiger charge is 2.13. The number of benzene rings is 1. The molecule has 0 fully saturated rings. The summed E-state index contributed by atoms with van der Waals surface area (Å²) in [5, 5.41) is 2.33. The fourth-order valence-electron chi connectivity index (χ4n) is 1.57. The Kier molecular flexibility index (Phi) is 5.92. The van der Waals surface area contributed by atoms with Crippen molar-refractivity contribution in [1.82, 2.24) is 4.98 Å². The third-order valence-electron chi connectivity index (χ3n) is 2.54. The molecule has 0 spiro atoms. The summed E-state index contributed by atoms with van der Waals surface area (Å²) < 4.78 is 18.9. The number of aromatic nitrogens is 1. The van der Waals surface area contributed by atoms with Crippen molar-refractivity contribution in [2.45, 2.75) is 0 Å². The molecule has 120 valence electrons. The summed E-state index contributed by atoms with van der Waals surface area (Å²) in [5.41, 5.74) is 0.0295. The first-order valence-corrected chi connectivity index (χ1v) is 7.65. The van der Waals surface area contributed by atoms with Gasteiger partial charge in [-0.2, -0.15) is 0 Å². The zero-order valence-corrected chi connectivity index (χ0v) is 14.4. The molecule has 2 rings (SSSR count). The minimum atomic E-state index is -0.803. The average molecular weight is 422 g/mol. The Hall–Kier alpha value is -1.70. The molecule has 1 aromatic heterocycles. The molecule has 2 aromatic rings. The molecule has 1 N–H and O–H groups in total. The van der Waals surface area contributed by atoms with Gasteiger partial charge in [-0.1, -0.05) is 39.1 Å². The van der Waals surface area contributed by atoms with Crippen molar-refractivity contribution in [1.29, 1.82) is 0 Å². The Morgan fingerprint density at radius 1 is 1.22 bits per heavy atom. The maximum Gasteiger partial charge on any atom is 0.338 e. The van der Waals surface area contributed by atoms with Crippen LogP contribution in [0.5, 0.6) is 0 Å². The summed E-state index contributed by atoms with van der Waals surface area (Å²) >= 11 is 14.4. The van der Waals surface area contributed by atoms with E-state index in [2.05, 4.69) is 26.2 Å². The Morgan fingerprint density at radius 3 is 2.48 bits per heavy atom. The van der Waals surface area contributed by atoms with Crippen molar-refractivity contribution in [3.05, 3.63) is 56.5 Å². The first kappa shape index (κ1) is 17.7. The lowest BCUT2D eigenvalue weighted by atomic mass is 10.3. The highest BCUT2D eigenvalue weighted by Crippen LogP contribution is 2.19. The van der Waals surface area contributed by atoms with Crippen LogP contribution in [-0.2, 0) is 9.53 Å². The summed E-state index contributed by atoms with van der Waals surface area (Å²) in [6, 6.07) is 6.64. The third-order valence-corrected chi connectivity index (χ3v) is 3.42. The van der Waals surface area contributed by atoms with E-state index < -0.39 is 24.3 Å². The van der Waals surface area contributed by atoms with Crippen molar-refractivity contribution in [3.8, 4) is 0 Å². The minimum Gasteiger partial charge on any atom is -0.452 e. The monoisotopic (exact) mass is 420 g/mol. The number of hydrogen-bond acceptors (Lipinski definition) is 4. The van der Waals surface area contributed by atoms with E-state index >= 15 is 0 Å². The largest absolute Gasteiger partial charge is 0.452 e. The summed E-state index contributed by atoms with van der Waals surface area (Å²) in [7, 11) is 0. The van der Waals surface area contributed by atoms with Crippen molar-refractivity contribution in [2.24, 2.45) is 0 Å². The summed E-state index contributed by atoms with van der Waals surface area (Å²) in [5.74, 6) is -2.11. The van der Waals surface area contributed by atoms with Gasteiger partial charge in [0.1, 0.15) is 16.1 Å². The van der Waals surface area contributed by atoms with Gasteiger partial charge < -0.3 is 10.1 Å². The van der Waals surface area contributed by atoms with E-state index in [4.69, 9.17) is 27.9 Å². The van der Waals surface area contributed by atoms with Crippen LogP contribution < -0.4 is 5.32 Å². The quantitative estimate of drug-likeness (QED) is 0.596. The van der Waals surface area contributed by atoms with Crippen LogP contribution in [0.2, 0.25) is 10.3 Å². The SMILES string of the molecule is O=C(COC(=O)c1cc(Cl)nc(Cl)c1)Nc1ccc(Br)cc1F. The second-order valence-electron chi connectivity index (χ2n) is 4.25. The van der Waals surface area contributed by atoms with E-state index in [1.807, 2.05) is 0 Å².